The summed E-state index contributed by atoms with van der Waals surface area (Å²) in [6, 6.07) is -0.742. The fourth-order valence-electron chi connectivity index (χ4n) is 2.26. The zero-order chi connectivity index (χ0) is 13.2. The number of carbonyl (C=O) groups is 3. The maximum atomic E-state index is 12.0. The number of hydrogen-bond acceptors (Lipinski definition) is 3. The lowest BCUT2D eigenvalue weighted by Gasteiger charge is -2.36. The number of allylic oxidation sites excluding steroid dienone is 2. The van der Waals surface area contributed by atoms with Gasteiger partial charge in [0.05, 0.1) is 0 Å². The highest BCUT2D eigenvalue weighted by molar-refractivity contribution is 6.19. The number of urea groups is 1. The molecule has 1 aliphatic heterocycles. The second kappa shape index (κ2) is 4.69. The maximum Gasteiger partial charge on any atom is 0.328 e. The second-order valence-corrected chi connectivity index (χ2v) is 4.59. The molecule has 5 nitrogen and oxygen atoms in total. The Morgan fingerprint density at radius 2 is 1.71 bits per heavy atom. The summed E-state index contributed by atoms with van der Waals surface area (Å²) in [7, 11) is 0. The van der Waals surface area contributed by atoms with E-state index < -0.39 is 23.3 Å². The summed E-state index contributed by atoms with van der Waals surface area (Å²) in [5, 5.41) is 4.33. The molecule has 0 aromatic heterocycles. The maximum absolute atomic E-state index is 12.0. The highest BCUT2D eigenvalue weighted by Crippen LogP contribution is 2.35. The summed E-state index contributed by atoms with van der Waals surface area (Å²) in [6.07, 6.45) is 2.22. The Bertz CT molecular complexity index is 375. The van der Waals surface area contributed by atoms with Crippen LogP contribution in [-0.4, -0.2) is 17.8 Å². The average Bonchev–Trinajstić information content (AvgIpc) is 2.16. The lowest BCUT2D eigenvalue weighted by Crippen LogP contribution is -2.64. The minimum Gasteiger partial charge on any atom is -0.277 e. The van der Waals surface area contributed by atoms with E-state index in [1.165, 1.54) is 0 Å². The minimum absolute atomic E-state index is 0.259. The molecule has 0 saturated carbocycles. The number of carbonyl (C=O) groups excluding carboxylic acids is 3. The van der Waals surface area contributed by atoms with Crippen molar-refractivity contribution in [2.24, 2.45) is 11.3 Å². The Hall–Kier alpha value is -1.65. The van der Waals surface area contributed by atoms with Crippen LogP contribution >= 0.6 is 0 Å². The van der Waals surface area contributed by atoms with Crippen molar-refractivity contribution in [2.45, 2.75) is 34.1 Å². The van der Waals surface area contributed by atoms with Crippen molar-refractivity contribution >= 4 is 17.8 Å². The third-order valence-electron chi connectivity index (χ3n) is 3.18. The first-order chi connectivity index (χ1) is 7.84. The molecule has 1 atom stereocenters. The van der Waals surface area contributed by atoms with Crippen LogP contribution in [0.25, 0.3) is 0 Å². The molecule has 0 bridgehead atoms. The molecule has 0 spiro atoms. The number of imide groups is 2. The zero-order valence-electron chi connectivity index (χ0n) is 10.6. The standard InChI is InChI=1S/C12H18N2O3/c1-5-12(8(4)6-7(2)3)9(15)13-11(17)14-10(12)16/h6,8H,5H2,1-4H3,(H2,13,14,15,16,17)/t8-/m0/s1. The van der Waals surface area contributed by atoms with Gasteiger partial charge in [0.15, 0.2) is 0 Å². The van der Waals surface area contributed by atoms with Gasteiger partial charge in [-0.05, 0) is 26.2 Å². The molecular weight excluding hydrogens is 220 g/mol. The van der Waals surface area contributed by atoms with Crippen molar-refractivity contribution < 1.29 is 14.4 Å². The molecule has 0 radical (unpaired) electrons. The molecule has 1 saturated heterocycles. The van der Waals surface area contributed by atoms with Gasteiger partial charge in [-0.25, -0.2) is 4.79 Å². The predicted octanol–water partition coefficient (Wildman–Crippen LogP) is 1.35. The second-order valence-electron chi connectivity index (χ2n) is 4.59. The molecule has 0 aromatic rings. The summed E-state index contributed by atoms with van der Waals surface area (Å²) in [5.41, 5.74) is -0.159. The summed E-state index contributed by atoms with van der Waals surface area (Å²) in [6.45, 7) is 7.39. The van der Waals surface area contributed by atoms with Gasteiger partial charge >= 0.3 is 6.03 Å². The van der Waals surface area contributed by atoms with Crippen LogP contribution in [0, 0.1) is 11.3 Å². The van der Waals surface area contributed by atoms with E-state index in [4.69, 9.17) is 0 Å². The normalized spacial score (nSPS) is 20.4. The first-order valence-corrected chi connectivity index (χ1v) is 5.66. The van der Waals surface area contributed by atoms with Crippen LogP contribution in [0.2, 0.25) is 0 Å². The van der Waals surface area contributed by atoms with E-state index >= 15 is 0 Å². The monoisotopic (exact) mass is 238 g/mol. The lowest BCUT2D eigenvalue weighted by atomic mass is 9.71. The van der Waals surface area contributed by atoms with Gasteiger partial charge < -0.3 is 0 Å². The molecule has 0 aromatic carbocycles. The number of barbiturate groups is 1. The van der Waals surface area contributed by atoms with Gasteiger partial charge in [0.2, 0.25) is 11.8 Å². The van der Waals surface area contributed by atoms with Gasteiger partial charge in [0.1, 0.15) is 5.41 Å². The van der Waals surface area contributed by atoms with Crippen LogP contribution in [0.5, 0.6) is 0 Å². The van der Waals surface area contributed by atoms with Gasteiger partial charge in [-0.1, -0.05) is 25.5 Å². The van der Waals surface area contributed by atoms with E-state index in [0.717, 1.165) is 5.57 Å². The van der Waals surface area contributed by atoms with Gasteiger partial charge in [0.25, 0.3) is 0 Å². The molecule has 2 N–H and O–H groups in total. The van der Waals surface area contributed by atoms with E-state index in [2.05, 4.69) is 10.6 Å². The van der Waals surface area contributed by atoms with Crippen LogP contribution < -0.4 is 10.6 Å². The molecule has 5 heteroatoms. The summed E-state index contributed by atoms with van der Waals surface area (Å²) in [5.74, 6) is -1.29. The van der Waals surface area contributed by atoms with Crippen LogP contribution in [0.3, 0.4) is 0 Å². The highest BCUT2D eigenvalue weighted by Gasteiger charge is 2.51. The molecule has 1 aliphatic rings. The zero-order valence-corrected chi connectivity index (χ0v) is 10.6. The number of hydrogen-bond donors (Lipinski definition) is 2. The quantitative estimate of drug-likeness (QED) is 0.575. The Kier molecular flexibility index (Phi) is 3.70. The molecule has 0 aliphatic carbocycles. The SMILES string of the molecule is CCC1([C@@H](C)C=C(C)C)C(=O)NC(=O)NC1=O. The number of rotatable bonds is 3. The van der Waals surface area contributed by atoms with Crippen LogP contribution in [0.1, 0.15) is 34.1 Å². The summed E-state index contributed by atoms with van der Waals surface area (Å²) >= 11 is 0. The fraction of sp³-hybridized carbons (Fsp3) is 0.583. The summed E-state index contributed by atoms with van der Waals surface area (Å²) < 4.78 is 0. The third-order valence-corrected chi connectivity index (χ3v) is 3.18. The van der Waals surface area contributed by atoms with Crippen molar-refractivity contribution in [1.29, 1.82) is 0 Å². The third kappa shape index (κ3) is 2.23. The fourth-order valence-corrected chi connectivity index (χ4v) is 2.26. The van der Waals surface area contributed by atoms with Crippen molar-refractivity contribution in [3.8, 4) is 0 Å². The first kappa shape index (κ1) is 13.4. The number of amides is 4. The average molecular weight is 238 g/mol. The van der Waals surface area contributed by atoms with E-state index in [0.29, 0.717) is 6.42 Å². The van der Waals surface area contributed by atoms with Crippen molar-refractivity contribution in [1.82, 2.24) is 10.6 Å². The van der Waals surface area contributed by atoms with E-state index in [1.54, 1.807) is 6.92 Å². The van der Waals surface area contributed by atoms with Gasteiger partial charge in [-0.2, -0.15) is 0 Å². The smallest absolute Gasteiger partial charge is 0.277 e. The Morgan fingerprint density at radius 3 is 2.06 bits per heavy atom. The Morgan fingerprint density at radius 1 is 1.24 bits per heavy atom. The van der Waals surface area contributed by atoms with Crippen molar-refractivity contribution in [2.75, 3.05) is 0 Å². The van der Waals surface area contributed by atoms with Crippen molar-refractivity contribution in [3.05, 3.63) is 11.6 Å². The molecule has 0 unspecified atom stereocenters. The Labute approximate surface area is 101 Å². The highest BCUT2D eigenvalue weighted by atomic mass is 16.2. The minimum atomic E-state index is -1.19. The molecular formula is C12H18N2O3. The van der Waals surface area contributed by atoms with E-state index in [1.807, 2.05) is 26.8 Å². The van der Waals surface area contributed by atoms with E-state index in [-0.39, 0.29) is 5.92 Å². The van der Waals surface area contributed by atoms with Crippen LogP contribution in [0.15, 0.2) is 11.6 Å². The van der Waals surface area contributed by atoms with Crippen molar-refractivity contribution in [3.63, 3.8) is 0 Å². The first-order valence-electron chi connectivity index (χ1n) is 5.66. The summed E-state index contributed by atoms with van der Waals surface area (Å²) in [4.78, 5) is 35.0. The van der Waals surface area contributed by atoms with E-state index in [9.17, 15) is 14.4 Å². The molecule has 94 valence electrons. The molecule has 1 rings (SSSR count). The molecule has 17 heavy (non-hydrogen) atoms. The molecule has 1 heterocycles. The van der Waals surface area contributed by atoms with Crippen LogP contribution in [-0.2, 0) is 9.59 Å². The van der Waals surface area contributed by atoms with Gasteiger partial charge in [-0.3, -0.25) is 20.2 Å². The molecule has 1 fully saturated rings. The molecule has 4 amide bonds. The van der Waals surface area contributed by atoms with Crippen LogP contribution in [0.4, 0.5) is 4.79 Å². The lowest BCUT2D eigenvalue weighted by molar-refractivity contribution is -0.147. The van der Waals surface area contributed by atoms with Gasteiger partial charge in [0, 0.05) is 0 Å². The number of nitrogens with one attached hydrogen (secondary N) is 2. The largest absolute Gasteiger partial charge is 0.328 e. The topological polar surface area (TPSA) is 75.3 Å². The van der Waals surface area contributed by atoms with Gasteiger partial charge in [-0.15, -0.1) is 0 Å². The predicted molar refractivity (Wildman–Crippen MR) is 63.0 cm³/mol. The Balaban J connectivity index is 3.17.